The van der Waals surface area contributed by atoms with E-state index in [0.29, 0.717) is 13.5 Å². The number of para-hydroxylation sites is 2. The maximum atomic E-state index is 6.11. The average Bonchev–Trinajstić information content (AvgIpc) is 2.89. The van der Waals surface area contributed by atoms with Gasteiger partial charge in [-0.25, -0.2) is 0 Å². The first-order valence-corrected chi connectivity index (χ1v) is 12.2. The molecule has 0 N–H and O–H groups in total. The molecule has 166 valence electrons. The maximum absolute atomic E-state index is 6.11. The minimum Gasteiger partial charge on any atom is -0.477 e. The molecule has 0 fully saturated rings. The molecule has 5 heteroatoms. The Morgan fingerprint density at radius 2 is 1.39 bits per heavy atom. The monoisotopic (exact) mass is 454 g/mol. The summed E-state index contributed by atoms with van der Waals surface area (Å²) in [7, 11) is 0. The molecule has 2 heterocycles. The number of allylic oxidation sites excluding steroid dienone is 2. The molecule has 0 saturated carbocycles. The second-order valence-electron chi connectivity index (χ2n) is 8.54. The molecule has 0 atom stereocenters. The highest BCUT2D eigenvalue weighted by Crippen LogP contribution is 2.40. The molecule has 4 nitrogen and oxygen atoms in total. The fraction of sp³-hybridized carbons (Fsp3) is 0.214. The van der Waals surface area contributed by atoms with Gasteiger partial charge >= 0.3 is 0 Å². The summed E-state index contributed by atoms with van der Waals surface area (Å²) in [5.41, 5.74) is 4.93. The van der Waals surface area contributed by atoms with Crippen LogP contribution in [-0.4, -0.2) is 20.0 Å². The summed E-state index contributed by atoms with van der Waals surface area (Å²) in [6.07, 6.45) is 4.34. The van der Waals surface area contributed by atoms with Crippen molar-refractivity contribution in [3.8, 4) is 5.75 Å². The number of anilines is 2. The van der Waals surface area contributed by atoms with Crippen LogP contribution in [0.15, 0.2) is 106 Å². The number of rotatable bonds is 4. The first kappa shape index (κ1) is 20.3. The Morgan fingerprint density at radius 3 is 2.15 bits per heavy atom. The summed E-state index contributed by atoms with van der Waals surface area (Å²) >= 11 is 1.87. The van der Waals surface area contributed by atoms with Crippen LogP contribution in [0.4, 0.5) is 11.4 Å². The number of nitrogens with zero attached hydrogens (tertiary/aromatic N) is 2. The van der Waals surface area contributed by atoms with Crippen LogP contribution >= 0.6 is 11.8 Å². The van der Waals surface area contributed by atoms with Gasteiger partial charge in [0.15, 0.2) is 13.5 Å². The van der Waals surface area contributed by atoms with Crippen molar-refractivity contribution >= 4 is 23.1 Å². The van der Waals surface area contributed by atoms with Crippen LogP contribution in [0.5, 0.6) is 5.75 Å². The van der Waals surface area contributed by atoms with Crippen LogP contribution in [0.2, 0.25) is 0 Å². The van der Waals surface area contributed by atoms with Gasteiger partial charge in [-0.1, -0.05) is 48.2 Å². The van der Waals surface area contributed by atoms with Gasteiger partial charge in [0.2, 0.25) is 0 Å². The van der Waals surface area contributed by atoms with Crippen molar-refractivity contribution in [2.75, 3.05) is 29.8 Å². The van der Waals surface area contributed by atoms with Crippen LogP contribution in [0.1, 0.15) is 18.4 Å². The molecule has 0 amide bonds. The lowest BCUT2D eigenvalue weighted by Crippen LogP contribution is -2.33. The highest BCUT2D eigenvalue weighted by molar-refractivity contribution is 8.03. The van der Waals surface area contributed by atoms with Crippen molar-refractivity contribution < 1.29 is 9.47 Å². The number of hydrogen-bond acceptors (Lipinski definition) is 5. The summed E-state index contributed by atoms with van der Waals surface area (Å²) in [6.45, 7) is 2.97. The molecular weight excluding hydrogens is 428 g/mol. The maximum Gasteiger partial charge on any atom is 0.161 e. The lowest BCUT2D eigenvalue weighted by atomic mass is 10.0. The molecule has 1 aliphatic carbocycles. The molecule has 0 unspecified atom stereocenters. The van der Waals surface area contributed by atoms with Gasteiger partial charge in [-0.3, -0.25) is 0 Å². The molecule has 0 spiro atoms. The summed E-state index contributed by atoms with van der Waals surface area (Å²) in [6, 6.07) is 27.5. The molecule has 2 aliphatic heterocycles. The van der Waals surface area contributed by atoms with Gasteiger partial charge in [-0.2, -0.15) is 0 Å². The first-order chi connectivity index (χ1) is 16.3. The van der Waals surface area contributed by atoms with Crippen LogP contribution in [0.25, 0.3) is 0 Å². The Bertz CT molecular complexity index is 1210. The quantitative estimate of drug-likeness (QED) is 0.444. The Morgan fingerprint density at radius 1 is 0.697 bits per heavy atom. The Labute approximate surface area is 199 Å². The van der Waals surface area contributed by atoms with Crippen molar-refractivity contribution in [3.05, 3.63) is 107 Å². The molecule has 0 bridgehead atoms. The van der Waals surface area contributed by atoms with E-state index in [1.54, 1.807) is 0 Å². The van der Waals surface area contributed by atoms with Gasteiger partial charge in [-0.05, 0) is 59.9 Å². The summed E-state index contributed by atoms with van der Waals surface area (Å²) < 4.78 is 12.1. The van der Waals surface area contributed by atoms with E-state index in [4.69, 9.17) is 9.47 Å². The predicted octanol–water partition coefficient (Wildman–Crippen LogP) is 6.56. The normalized spacial score (nSPS) is 17.5. The first-order valence-electron chi connectivity index (χ1n) is 11.4. The highest BCUT2D eigenvalue weighted by Gasteiger charge is 2.24. The third kappa shape index (κ3) is 4.33. The number of ether oxygens (including phenoxy) is 2. The van der Waals surface area contributed by atoms with Gasteiger partial charge in [0.1, 0.15) is 11.5 Å². The number of thioether (sulfide) groups is 1. The van der Waals surface area contributed by atoms with Crippen LogP contribution in [0.3, 0.4) is 0 Å². The topological polar surface area (TPSA) is 24.9 Å². The van der Waals surface area contributed by atoms with Crippen molar-refractivity contribution in [1.29, 1.82) is 0 Å². The lowest BCUT2D eigenvalue weighted by molar-refractivity contribution is 0.185. The Kier molecular flexibility index (Phi) is 5.48. The van der Waals surface area contributed by atoms with E-state index in [-0.39, 0.29) is 0 Å². The minimum atomic E-state index is 0.587. The molecule has 0 saturated heterocycles. The third-order valence-corrected chi connectivity index (χ3v) is 7.38. The van der Waals surface area contributed by atoms with E-state index in [2.05, 4.69) is 88.7 Å². The number of fused-ring (bicyclic) bond motifs is 1. The fourth-order valence-electron chi connectivity index (χ4n) is 4.57. The van der Waals surface area contributed by atoms with E-state index >= 15 is 0 Å². The minimum absolute atomic E-state index is 0.587. The van der Waals surface area contributed by atoms with Crippen LogP contribution < -0.4 is 14.5 Å². The SMILES string of the molecule is C1=C(Sc2ccc3c(c2)CN(c2ccccc2)CO3)CCC2=C1CN(c1ccccc1)CO2. The van der Waals surface area contributed by atoms with E-state index in [1.165, 1.54) is 32.3 Å². The zero-order chi connectivity index (χ0) is 22.0. The Hall–Kier alpha value is -3.31. The zero-order valence-corrected chi connectivity index (χ0v) is 19.3. The highest BCUT2D eigenvalue weighted by atomic mass is 32.2. The number of benzene rings is 3. The Balaban J connectivity index is 1.18. The van der Waals surface area contributed by atoms with Crippen molar-refractivity contribution in [2.24, 2.45) is 0 Å². The predicted molar refractivity (Wildman–Crippen MR) is 135 cm³/mol. The average molecular weight is 455 g/mol. The number of hydrogen-bond donors (Lipinski definition) is 0. The van der Waals surface area contributed by atoms with E-state index in [0.717, 1.165) is 37.4 Å². The lowest BCUT2D eigenvalue weighted by Gasteiger charge is -2.34. The third-order valence-electron chi connectivity index (χ3n) is 6.31. The van der Waals surface area contributed by atoms with Crippen molar-refractivity contribution in [3.63, 3.8) is 0 Å². The second kappa shape index (κ2) is 8.91. The van der Waals surface area contributed by atoms with Gasteiger partial charge < -0.3 is 19.3 Å². The molecule has 3 aromatic rings. The van der Waals surface area contributed by atoms with Gasteiger partial charge in [0.25, 0.3) is 0 Å². The fourth-order valence-corrected chi connectivity index (χ4v) is 5.62. The van der Waals surface area contributed by atoms with Gasteiger partial charge in [-0.15, -0.1) is 0 Å². The molecular formula is C28H26N2O2S. The van der Waals surface area contributed by atoms with Crippen LogP contribution in [0, 0.1) is 0 Å². The summed E-state index contributed by atoms with van der Waals surface area (Å²) in [5.74, 6) is 2.15. The van der Waals surface area contributed by atoms with Gasteiger partial charge in [0, 0.05) is 46.9 Å². The zero-order valence-electron chi connectivity index (χ0n) is 18.4. The molecule has 3 aliphatic rings. The second-order valence-corrected chi connectivity index (χ2v) is 9.74. The van der Waals surface area contributed by atoms with Crippen LogP contribution in [-0.2, 0) is 11.3 Å². The van der Waals surface area contributed by atoms with Crippen molar-refractivity contribution in [1.82, 2.24) is 0 Å². The summed E-state index contributed by atoms with van der Waals surface area (Å²) in [5, 5.41) is 0. The molecule has 0 radical (unpaired) electrons. The summed E-state index contributed by atoms with van der Waals surface area (Å²) in [4.78, 5) is 7.21. The largest absolute Gasteiger partial charge is 0.477 e. The van der Waals surface area contributed by atoms with Crippen molar-refractivity contribution in [2.45, 2.75) is 24.3 Å². The van der Waals surface area contributed by atoms with E-state index in [1.807, 2.05) is 17.8 Å². The van der Waals surface area contributed by atoms with E-state index in [9.17, 15) is 0 Å². The standard InChI is InChI=1S/C28H26N2O2S/c1-3-7-23(8-4-1)29-17-21-15-25(11-13-27(21)31-19-29)33-26-12-14-28-22(16-26)18-30(20-32-28)24-9-5-2-6-10-24/h1-11,13,15-16H,12,14,17-20H2. The van der Waals surface area contributed by atoms with Gasteiger partial charge in [0.05, 0.1) is 0 Å². The molecule has 6 rings (SSSR count). The smallest absolute Gasteiger partial charge is 0.161 e. The van der Waals surface area contributed by atoms with E-state index < -0.39 is 0 Å². The molecule has 3 aromatic carbocycles. The molecule has 33 heavy (non-hydrogen) atoms. The molecule has 0 aromatic heterocycles.